The molecule has 4 aromatic rings. The Bertz CT molecular complexity index is 1130. The second-order valence-corrected chi connectivity index (χ2v) is 8.51. The number of rotatable bonds is 5. The van der Waals surface area contributed by atoms with Crippen molar-refractivity contribution in [2.75, 3.05) is 50.1 Å². The largest absolute Gasteiger partial charge is 0.362 e. The van der Waals surface area contributed by atoms with Crippen molar-refractivity contribution in [1.82, 2.24) is 14.9 Å². The summed E-state index contributed by atoms with van der Waals surface area (Å²) in [5, 5.41) is 1.09. The van der Waals surface area contributed by atoms with Crippen LogP contribution in [-0.4, -0.2) is 55.1 Å². The van der Waals surface area contributed by atoms with Crippen LogP contribution in [0.3, 0.4) is 0 Å². The zero-order chi connectivity index (χ0) is 21.9. The van der Waals surface area contributed by atoms with Gasteiger partial charge in [-0.1, -0.05) is 72.8 Å². The van der Waals surface area contributed by atoms with Crippen LogP contribution < -0.4 is 9.80 Å². The van der Waals surface area contributed by atoms with Gasteiger partial charge in [0.05, 0.1) is 11.6 Å². The molecular weight excluding hydrogens is 394 g/mol. The van der Waals surface area contributed by atoms with Crippen LogP contribution in [0.4, 0.5) is 11.8 Å². The molecule has 0 N–H and O–H groups in total. The third kappa shape index (κ3) is 4.04. The molecule has 0 atom stereocenters. The van der Waals surface area contributed by atoms with Crippen LogP contribution in [0.2, 0.25) is 0 Å². The topological polar surface area (TPSA) is 35.5 Å². The molecule has 2 heterocycles. The van der Waals surface area contributed by atoms with Crippen molar-refractivity contribution in [2.45, 2.75) is 6.04 Å². The molecule has 0 amide bonds. The molecule has 5 nitrogen and oxygen atoms in total. The monoisotopic (exact) mass is 423 g/mol. The van der Waals surface area contributed by atoms with Crippen LogP contribution in [-0.2, 0) is 0 Å². The number of para-hydroxylation sites is 1. The second-order valence-electron chi connectivity index (χ2n) is 8.51. The number of anilines is 2. The van der Waals surface area contributed by atoms with Crippen molar-refractivity contribution < 1.29 is 0 Å². The maximum atomic E-state index is 4.93. The van der Waals surface area contributed by atoms with E-state index in [0.717, 1.165) is 48.8 Å². The number of aromatic nitrogens is 2. The fourth-order valence-corrected chi connectivity index (χ4v) is 4.60. The van der Waals surface area contributed by atoms with E-state index in [1.165, 1.54) is 11.1 Å². The molecule has 3 aromatic carbocycles. The summed E-state index contributed by atoms with van der Waals surface area (Å²) in [5.41, 5.74) is 3.67. The molecule has 1 saturated heterocycles. The van der Waals surface area contributed by atoms with Gasteiger partial charge in [-0.05, 0) is 23.3 Å². The average molecular weight is 424 g/mol. The van der Waals surface area contributed by atoms with E-state index >= 15 is 0 Å². The predicted octanol–water partition coefficient (Wildman–Crippen LogP) is 4.61. The molecular formula is C27H29N5. The molecule has 0 spiro atoms. The zero-order valence-electron chi connectivity index (χ0n) is 18.7. The lowest BCUT2D eigenvalue weighted by molar-refractivity contribution is 0.211. The Morgan fingerprint density at radius 2 is 1.25 bits per heavy atom. The lowest BCUT2D eigenvalue weighted by Crippen LogP contribution is -2.48. The van der Waals surface area contributed by atoms with Crippen LogP contribution >= 0.6 is 0 Å². The summed E-state index contributed by atoms with van der Waals surface area (Å²) in [4.78, 5) is 16.8. The summed E-state index contributed by atoms with van der Waals surface area (Å²) in [6.45, 7) is 3.73. The van der Waals surface area contributed by atoms with Gasteiger partial charge in [0.2, 0.25) is 5.95 Å². The van der Waals surface area contributed by atoms with E-state index in [0.29, 0.717) is 0 Å². The van der Waals surface area contributed by atoms with Crippen molar-refractivity contribution >= 4 is 22.7 Å². The van der Waals surface area contributed by atoms with E-state index < -0.39 is 0 Å². The second kappa shape index (κ2) is 8.97. The maximum Gasteiger partial charge on any atom is 0.227 e. The Morgan fingerprint density at radius 3 is 1.84 bits per heavy atom. The lowest BCUT2D eigenvalue weighted by atomic mass is 9.96. The van der Waals surface area contributed by atoms with Gasteiger partial charge in [0.15, 0.2) is 0 Å². The molecule has 1 aromatic heterocycles. The molecule has 1 aliphatic heterocycles. The fourth-order valence-electron chi connectivity index (χ4n) is 4.60. The summed E-state index contributed by atoms with van der Waals surface area (Å²) in [5.74, 6) is 1.79. The van der Waals surface area contributed by atoms with Crippen LogP contribution in [0.15, 0.2) is 84.9 Å². The van der Waals surface area contributed by atoms with Gasteiger partial charge in [0, 0.05) is 45.7 Å². The van der Waals surface area contributed by atoms with Gasteiger partial charge in [-0.15, -0.1) is 0 Å². The highest BCUT2D eigenvalue weighted by molar-refractivity contribution is 5.90. The van der Waals surface area contributed by atoms with Crippen molar-refractivity contribution in [3.05, 3.63) is 96.1 Å². The highest BCUT2D eigenvalue weighted by atomic mass is 15.3. The first-order chi connectivity index (χ1) is 15.7. The zero-order valence-corrected chi connectivity index (χ0v) is 18.7. The van der Waals surface area contributed by atoms with E-state index in [1.807, 2.05) is 26.2 Å². The minimum absolute atomic E-state index is 0.259. The molecule has 0 bridgehead atoms. The third-order valence-electron chi connectivity index (χ3n) is 6.19. The molecule has 162 valence electrons. The molecule has 5 rings (SSSR count). The average Bonchev–Trinajstić information content (AvgIpc) is 2.85. The van der Waals surface area contributed by atoms with Gasteiger partial charge in [0.25, 0.3) is 0 Å². The molecule has 1 fully saturated rings. The fraction of sp³-hybridized carbons (Fsp3) is 0.259. The molecule has 0 radical (unpaired) electrons. The molecule has 1 aliphatic rings. The van der Waals surface area contributed by atoms with Crippen molar-refractivity contribution in [3.63, 3.8) is 0 Å². The van der Waals surface area contributed by atoms with E-state index in [1.54, 1.807) is 0 Å². The molecule has 0 aliphatic carbocycles. The highest BCUT2D eigenvalue weighted by Gasteiger charge is 2.27. The first-order valence-electron chi connectivity index (χ1n) is 11.2. The summed E-state index contributed by atoms with van der Waals surface area (Å²) >= 11 is 0. The predicted molar refractivity (Wildman–Crippen MR) is 132 cm³/mol. The van der Waals surface area contributed by atoms with E-state index in [4.69, 9.17) is 9.97 Å². The SMILES string of the molecule is CN(C)c1nc(N2CCN(C(c3ccccc3)c3ccccc3)CC2)nc2ccccc12. The van der Waals surface area contributed by atoms with Crippen LogP contribution in [0.1, 0.15) is 17.2 Å². The Labute approximate surface area is 189 Å². The molecule has 5 heteroatoms. The smallest absolute Gasteiger partial charge is 0.227 e. The van der Waals surface area contributed by atoms with Crippen molar-refractivity contribution in [2.24, 2.45) is 0 Å². The number of nitrogens with zero attached hydrogens (tertiary/aromatic N) is 5. The number of hydrogen-bond donors (Lipinski definition) is 0. The Morgan fingerprint density at radius 1 is 0.688 bits per heavy atom. The Hall–Kier alpha value is -3.44. The summed E-state index contributed by atoms with van der Waals surface area (Å²) in [6, 6.07) is 30.2. The summed E-state index contributed by atoms with van der Waals surface area (Å²) in [6.07, 6.45) is 0. The Balaban J connectivity index is 1.41. The number of piperazine rings is 1. The van der Waals surface area contributed by atoms with Gasteiger partial charge in [-0.25, -0.2) is 4.98 Å². The van der Waals surface area contributed by atoms with Crippen LogP contribution in [0, 0.1) is 0 Å². The summed E-state index contributed by atoms with van der Waals surface area (Å²) in [7, 11) is 4.08. The highest BCUT2D eigenvalue weighted by Crippen LogP contribution is 2.31. The minimum Gasteiger partial charge on any atom is -0.362 e. The van der Waals surface area contributed by atoms with Gasteiger partial charge in [-0.2, -0.15) is 4.98 Å². The van der Waals surface area contributed by atoms with E-state index in [2.05, 4.69) is 87.5 Å². The molecule has 0 unspecified atom stereocenters. The first-order valence-corrected chi connectivity index (χ1v) is 11.2. The van der Waals surface area contributed by atoms with E-state index in [9.17, 15) is 0 Å². The van der Waals surface area contributed by atoms with Crippen LogP contribution in [0.5, 0.6) is 0 Å². The van der Waals surface area contributed by atoms with E-state index in [-0.39, 0.29) is 6.04 Å². The van der Waals surface area contributed by atoms with Crippen molar-refractivity contribution in [1.29, 1.82) is 0 Å². The third-order valence-corrected chi connectivity index (χ3v) is 6.19. The number of fused-ring (bicyclic) bond motifs is 1. The normalized spacial score (nSPS) is 14.8. The lowest BCUT2D eigenvalue weighted by Gasteiger charge is -2.40. The number of benzene rings is 3. The maximum absolute atomic E-state index is 4.93. The number of hydrogen-bond acceptors (Lipinski definition) is 5. The van der Waals surface area contributed by atoms with Gasteiger partial charge >= 0.3 is 0 Å². The molecule has 0 saturated carbocycles. The van der Waals surface area contributed by atoms with Crippen LogP contribution in [0.25, 0.3) is 10.9 Å². The minimum atomic E-state index is 0.259. The molecule has 32 heavy (non-hydrogen) atoms. The van der Waals surface area contributed by atoms with Crippen molar-refractivity contribution in [3.8, 4) is 0 Å². The Kier molecular flexibility index (Phi) is 5.73. The van der Waals surface area contributed by atoms with Gasteiger partial charge < -0.3 is 9.80 Å². The quantitative estimate of drug-likeness (QED) is 0.469. The van der Waals surface area contributed by atoms with Gasteiger partial charge in [-0.3, -0.25) is 4.90 Å². The standard InChI is InChI=1S/C27H29N5/c1-30(2)26-23-15-9-10-16-24(23)28-27(29-26)32-19-17-31(18-20-32)25(21-11-5-3-6-12-21)22-13-7-4-8-14-22/h3-16,25H,17-20H2,1-2H3. The summed E-state index contributed by atoms with van der Waals surface area (Å²) < 4.78 is 0. The first kappa shape index (κ1) is 20.5. The van der Waals surface area contributed by atoms with Gasteiger partial charge in [0.1, 0.15) is 5.82 Å².